The van der Waals surface area contributed by atoms with Gasteiger partial charge >= 0.3 is 11.9 Å². The van der Waals surface area contributed by atoms with Crippen molar-refractivity contribution in [3.05, 3.63) is 42.0 Å². The summed E-state index contributed by atoms with van der Waals surface area (Å²) in [5, 5.41) is 21.3. The number of carbonyl (C=O) groups excluding carboxylic acids is 1. The summed E-state index contributed by atoms with van der Waals surface area (Å²) in [7, 11) is 0. The highest BCUT2D eigenvalue weighted by Crippen LogP contribution is 2.18. The molecule has 7 heteroatoms. The number of aliphatic carboxylic acids is 2. The van der Waals surface area contributed by atoms with Gasteiger partial charge in [0.15, 0.2) is 0 Å². The molecule has 25 heavy (non-hydrogen) atoms. The van der Waals surface area contributed by atoms with Gasteiger partial charge in [-0.15, -0.1) is 0 Å². The van der Waals surface area contributed by atoms with Crippen molar-refractivity contribution in [3.8, 4) is 0 Å². The van der Waals surface area contributed by atoms with E-state index in [1.807, 2.05) is 30.3 Å². The number of carboxylic acid groups (broad SMARTS) is 2. The van der Waals surface area contributed by atoms with Gasteiger partial charge in [0.2, 0.25) is 5.91 Å². The lowest BCUT2D eigenvalue weighted by molar-refractivity contribution is -0.149. The summed E-state index contributed by atoms with van der Waals surface area (Å²) in [5.74, 6) is -2.54. The molecule has 0 bridgehead atoms. The minimum absolute atomic E-state index is 0.374. The lowest BCUT2D eigenvalue weighted by Crippen LogP contribution is -2.52. The van der Waals surface area contributed by atoms with Crippen molar-refractivity contribution >= 4 is 23.9 Å². The largest absolute Gasteiger partial charge is 0.480 e. The van der Waals surface area contributed by atoms with E-state index in [0.717, 1.165) is 5.56 Å². The number of amides is 1. The van der Waals surface area contributed by atoms with Gasteiger partial charge < -0.3 is 15.1 Å². The molecule has 0 spiro atoms. The fraction of sp³-hybridized carbons (Fsp3) is 0.389. The van der Waals surface area contributed by atoms with Gasteiger partial charge in [-0.2, -0.15) is 0 Å². The van der Waals surface area contributed by atoms with Gasteiger partial charge in [-0.1, -0.05) is 42.5 Å². The first-order valence-corrected chi connectivity index (χ1v) is 8.15. The molecule has 2 rings (SSSR count). The molecule has 1 saturated heterocycles. The monoisotopic (exact) mass is 346 g/mol. The normalized spacial score (nSPS) is 19.7. The third-order valence-corrected chi connectivity index (χ3v) is 4.17. The molecule has 1 heterocycles. The zero-order valence-electron chi connectivity index (χ0n) is 14.0. The van der Waals surface area contributed by atoms with Crippen molar-refractivity contribution in [2.75, 3.05) is 6.54 Å². The molecule has 0 saturated carbocycles. The zero-order chi connectivity index (χ0) is 18.4. The van der Waals surface area contributed by atoms with Crippen LogP contribution in [0.4, 0.5) is 0 Å². The van der Waals surface area contributed by atoms with E-state index in [1.54, 1.807) is 13.0 Å². The predicted molar refractivity (Wildman–Crippen MR) is 91.9 cm³/mol. The van der Waals surface area contributed by atoms with Gasteiger partial charge in [-0.3, -0.25) is 14.9 Å². The molecule has 1 aliphatic rings. The lowest BCUT2D eigenvalue weighted by Gasteiger charge is -2.26. The first kappa shape index (κ1) is 18.7. The zero-order valence-corrected chi connectivity index (χ0v) is 14.0. The minimum Gasteiger partial charge on any atom is -0.480 e. The number of nitrogens with zero attached hydrogens (tertiary/aromatic N) is 1. The highest BCUT2D eigenvalue weighted by molar-refractivity contribution is 5.88. The van der Waals surface area contributed by atoms with Crippen LogP contribution in [0.5, 0.6) is 0 Å². The van der Waals surface area contributed by atoms with E-state index >= 15 is 0 Å². The van der Waals surface area contributed by atoms with E-state index in [-0.39, 0.29) is 0 Å². The molecular formula is C18H22N2O5. The van der Waals surface area contributed by atoms with Crippen molar-refractivity contribution in [1.29, 1.82) is 0 Å². The number of carboxylic acids is 2. The van der Waals surface area contributed by atoms with Crippen LogP contribution < -0.4 is 5.32 Å². The van der Waals surface area contributed by atoms with Crippen LogP contribution in [0.3, 0.4) is 0 Å². The Morgan fingerprint density at radius 1 is 1.24 bits per heavy atom. The second-order valence-electron chi connectivity index (χ2n) is 6.00. The molecule has 0 radical (unpaired) electrons. The van der Waals surface area contributed by atoms with Crippen molar-refractivity contribution in [2.45, 2.75) is 37.9 Å². The molecule has 1 amide bonds. The van der Waals surface area contributed by atoms with Gasteiger partial charge in [-0.05, 0) is 25.3 Å². The Morgan fingerprint density at radius 2 is 1.92 bits per heavy atom. The third kappa shape index (κ3) is 4.90. The molecule has 7 nitrogen and oxygen atoms in total. The molecule has 3 unspecified atom stereocenters. The summed E-state index contributed by atoms with van der Waals surface area (Å²) in [6, 6.07) is 6.53. The van der Waals surface area contributed by atoms with E-state index in [0.29, 0.717) is 19.4 Å². The van der Waals surface area contributed by atoms with Gasteiger partial charge in [-0.25, -0.2) is 4.79 Å². The SMILES string of the molecule is CC(NC(/C=C/c1ccccc1)C(=O)O)C(=O)N1CCCC1C(=O)O. The number of likely N-dealkylation sites (tertiary alicyclic amines) is 1. The van der Waals surface area contributed by atoms with Gasteiger partial charge in [0, 0.05) is 6.54 Å². The summed E-state index contributed by atoms with van der Waals surface area (Å²) in [6.07, 6.45) is 4.19. The third-order valence-electron chi connectivity index (χ3n) is 4.17. The molecule has 3 N–H and O–H groups in total. The maximum atomic E-state index is 12.5. The van der Waals surface area contributed by atoms with Crippen LogP contribution in [-0.4, -0.2) is 57.6 Å². The average Bonchev–Trinajstić information content (AvgIpc) is 3.08. The quantitative estimate of drug-likeness (QED) is 0.685. The van der Waals surface area contributed by atoms with E-state index < -0.39 is 36.0 Å². The molecule has 134 valence electrons. The van der Waals surface area contributed by atoms with Crippen LogP contribution in [0.1, 0.15) is 25.3 Å². The summed E-state index contributed by atoms with van der Waals surface area (Å²) < 4.78 is 0. The van der Waals surface area contributed by atoms with Crippen LogP contribution in [0.2, 0.25) is 0 Å². The van der Waals surface area contributed by atoms with Gasteiger partial charge in [0.1, 0.15) is 12.1 Å². The number of hydrogen-bond donors (Lipinski definition) is 3. The number of rotatable bonds is 7. The molecule has 1 aromatic rings. The number of nitrogens with one attached hydrogen (secondary N) is 1. The Hall–Kier alpha value is -2.67. The first-order chi connectivity index (χ1) is 11.9. The highest BCUT2D eigenvalue weighted by Gasteiger charge is 2.36. The minimum atomic E-state index is -1.11. The molecule has 3 atom stereocenters. The molecule has 0 aromatic heterocycles. The first-order valence-electron chi connectivity index (χ1n) is 8.15. The van der Waals surface area contributed by atoms with Crippen LogP contribution in [0.25, 0.3) is 6.08 Å². The Labute approximate surface area is 145 Å². The second kappa shape index (κ2) is 8.43. The van der Waals surface area contributed by atoms with Crippen molar-refractivity contribution in [2.24, 2.45) is 0 Å². The maximum absolute atomic E-state index is 12.5. The Bertz CT molecular complexity index is 659. The second-order valence-corrected chi connectivity index (χ2v) is 6.00. The van der Waals surface area contributed by atoms with Gasteiger partial charge in [0.25, 0.3) is 0 Å². The van der Waals surface area contributed by atoms with Crippen LogP contribution in [0, 0.1) is 0 Å². The van der Waals surface area contributed by atoms with E-state index in [9.17, 15) is 24.6 Å². The van der Waals surface area contributed by atoms with Crippen LogP contribution >= 0.6 is 0 Å². The Balaban J connectivity index is 2.03. The lowest BCUT2D eigenvalue weighted by atomic mass is 10.1. The van der Waals surface area contributed by atoms with E-state index in [2.05, 4.69) is 5.32 Å². The van der Waals surface area contributed by atoms with Crippen molar-refractivity contribution in [1.82, 2.24) is 10.2 Å². The smallest absolute Gasteiger partial charge is 0.326 e. The summed E-state index contributed by atoms with van der Waals surface area (Å²) in [5.41, 5.74) is 0.847. The highest BCUT2D eigenvalue weighted by atomic mass is 16.4. The molecule has 1 aliphatic heterocycles. The fourth-order valence-corrected chi connectivity index (χ4v) is 2.86. The van der Waals surface area contributed by atoms with E-state index in [1.165, 1.54) is 11.0 Å². The number of carbonyl (C=O) groups is 3. The van der Waals surface area contributed by atoms with E-state index in [4.69, 9.17) is 0 Å². The average molecular weight is 346 g/mol. The van der Waals surface area contributed by atoms with Crippen molar-refractivity contribution in [3.63, 3.8) is 0 Å². The summed E-state index contributed by atoms with van der Waals surface area (Å²) in [4.78, 5) is 36.4. The molecule has 1 aromatic carbocycles. The van der Waals surface area contributed by atoms with Crippen LogP contribution in [-0.2, 0) is 14.4 Å². The Kier molecular flexibility index (Phi) is 6.30. The standard InChI is InChI=1S/C18H22N2O5/c1-12(16(21)20-11-5-8-15(20)18(24)25)19-14(17(22)23)10-9-13-6-3-2-4-7-13/h2-4,6-7,9-10,12,14-15,19H,5,8,11H2,1H3,(H,22,23)(H,24,25)/b10-9+. The fourth-order valence-electron chi connectivity index (χ4n) is 2.86. The van der Waals surface area contributed by atoms with Gasteiger partial charge in [0.05, 0.1) is 6.04 Å². The van der Waals surface area contributed by atoms with Crippen molar-refractivity contribution < 1.29 is 24.6 Å². The number of hydrogen-bond acceptors (Lipinski definition) is 4. The topological polar surface area (TPSA) is 107 Å². The molecular weight excluding hydrogens is 324 g/mol. The number of benzene rings is 1. The molecule has 0 aliphatic carbocycles. The summed E-state index contributed by atoms with van der Waals surface area (Å²) >= 11 is 0. The predicted octanol–water partition coefficient (Wildman–Crippen LogP) is 1.21. The van der Waals surface area contributed by atoms with Crippen LogP contribution in [0.15, 0.2) is 36.4 Å². The summed E-state index contributed by atoms with van der Waals surface area (Å²) in [6.45, 7) is 1.92. The maximum Gasteiger partial charge on any atom is 0.326 e. The molecule has 1 fully saturated rings. The Morgan fingerprint density at radius 3 is 2.52 bits per heavy atom.